The zero-order valence-corrected chi connectivity index (χ0v) is 32.2. The Labute approximate surface area is 339 Å². The van der Waals surface area contributed by atoms with E-state index in [0.29, 0.717) is 120 Å². The fourth-order valence-electron chi connectivity index (χ4n) is 5.01. The third-order valence-electron chi connectivity index (χ3n) is 7.82. The number of rotatable bonds is 28. The number of ether oxygens (including phenoxy) is 7. The zero-order valence-electron chi connectivity index (χ0n) is 32.2. The van der Waals surface area contributed by atoms with E-state index in [0.717, 1.165) is 0 Å². The van der Waals surface area contributed by atoms with Gasteiger partial charge in [-0.2, -0.15) is 0 Å². The molecule has 318 valence electrons. The summed E-state index contributed by atoms with van der Waals surface area (Å²) < 4.78 is 74.0. The van der Waals surface area contributed by atoms with Crippen molar-refractivity contribution in [3.05, 3.63) is 96.3 Å². The van der Waals surface area contributed by atoms with Gasteiger partial charge in [-0.25, -0.2) is 9.97 Å². The summed E-state index contributed by atoms with van der Waals surface area (Å²) in [6.07, 6.45) is -3.44. The largest absolute Gasteiger partial charge is 0.573 e. The molecule has 3 aromatic carbocycles. The van der Waals surface area contributed by atoms with Crippen LogP contribution in [-0.2, 0) is 28.4 Å². The van der Waals surface area contributed by atoms with Gasteiger partial charge in [-0.05, 0) is 54.0 Å². The van der Waals surface area contributed by atoms with Gasteiger partial charge in [0.2, 0.25) is 0 Å². The van der Waals surface area contributed by atoms with Gasteiger partial charge in [0.1, 0.15) is 17.9 Å². The van der Waals surface area contributed by atoms with Crippen molar-refractivity contribution in [3.63, 3.8) is 0 Å². The van der Waals surface area contributed by atoms with Gasteiger partial charge in [0, 0.05) is 41.5 Å². The van der Waals surface area contributed by atoms with E-state index in [-0.39, 0.29) is 29.6 Å². The van der Waals surface area contributed by atoms with E-state index in [1.165, 1.54) is 42.7 Å². The Morgan fingerprint density at radius 3 is 1.61 bits per heavy atom. The number of aromatic nitrogens is 2. The van der Waals surface area contributed by atoms with E-state index in [2.05, 4.69) is 30.7 Å². The monoisotopic (exact) mass is 829 g/mol. The highest BCUT2D eigenvalue weighted by atomic mass is 19.4. The van der Waals surface area contributed by atoms with Crippen molar-refractivity contribution in [1.29, 1.82) is 0 Å². The van der Waals surface area contributed by atoms with Gasteiger partial charge < -0.3 is 59.2 Å². The summed E-state index contributed by atoms with van der Waals surface area (Å²) in [5.74, 6) is -0.561. The van der Waals surface area contributed by atoms with Crippen molar-refractivity contribution in [3.8, 4) is 17.0 Å². The van der Waals surface area contributed by atoms with Gasteiger partial charge >= 0.3 is 13.5 Å². The van der Waals surface area contributed by atoms with Gasteiger partial charge in [-0.3, -0.25) is 9.59 Å². The maximum absolute atomic E-state index is 12.7. The normalized spacial score (nSPS) is 11.3. The number of benzene rings is 3. The van der Waals surface area contributed by atoms with E-state index >= 15 is 0 Å². The van der Waals surface area contributed by atoms with E-state index in [4.69, 9.17) is 28.4 Å². The number of alkyl halides is 3. The van der Waals surface area contributed by atoms with Crippen molar-refractivity contribution < 1.29 is 66.0 Å². The minimum Gasteiger partial charge on any atom is -0.423 e. The standard InChI is InChI=1S/C39H47BF3N5O11/c41-39(42,43)59-34-9-7-33(8-10-34)48-36-27-35(46-28-47-36)29-3-1-4-30(25-29)37(49)44-11-13-53-15-17-55-19-21-57-23-24-58-22-20-56-18-16-54-14-12-45-38(50)31-5-2-6-32(26-31)40(51)52/h1-10,25-28,51-52H,11-24H2,(H,44,49)(H,45,50)(H,46,47,48). The fraction of sp³-hybridized carbons (Fsp3) is 0.385. The number of hydrogen-bond donors (Lipinski definition) is 5. The number of carbonyl (C=O) groups excluding carboxylic acids is 2. The second-order valence-corrected chi connectivity index (χ2v) is 12.3. The summed E-state index contributed by atoms with van der Waals surface area (Å²) >= 11 is 0. The quantitative estimate of drug-likeness (QED) is 0.0414. The summed E-state index contributed by atoms with van der Waals surface area (Å²) in [4.78, 5) is 33.3. The highest BCUT2D eigenvalue weighted by Crippen LogP contribution is 2.26. The molecule has 0 saturated carbocycles. The summed E-state index contributed by atoms with van der Waals surface area (Å²) in [5, 5.41) is 27.0. The van der Waals surface area contributed by atoms with Gasteiger partial charge in [0.05, 0.1) is 85.0 Å². The topological polar surface area (TPSA) is 201 Å². The van der Waals surface area contributed by atoms with Crippen LogP contribution in [0.2, 0.25) is 0 Å². The number of amides is 2. The lowest BCUT2D eigenvalue weighted by Gasteiger charge is -2.11. The third kappa shape index (κ3) is 19.0. The average Bonchev–Trinajstić information content (AvgIpc) is 3.23. The maximum Gasteiger partial charge on any atom is 0.573 e. The minimum absolute atomic E-state index is 0.239. The molecule has 20 heteroatoms. The smallest absolute Gasteiger partial charge is 0.423 e. The molecule has 0 aliphatic carbocycles. The molecule has 0 saturated heterocycles. The van der Waals surface area contributed by atoms with Crippen LogP contribution in [0.15, 0.2) is 85.2 Å². The number of carbonyl (C=O) groups is 2. The van der Waals surface area contributed by atoms with Crippen LogP contribution in [0.25, 0.3) is 11.3 Å². The second kappa shape index (κ2) is 26.0. The number of nitrogens with zero attached hydrogens (tertiary/aromatic N) is 2. The van der Waals surface area contributed by atoms with Crippen molar-refractivity contribution >= 4 is 35.9 Å². The molecule has 1 aromatic heterocycles. The molecule has 0 aliphatic rings. The van der Waals surface area contributed by atoms with Crippen LogP contribution < -0.4 is 26.2 Å². The highest BCUT2D eigenvalue weighted by molar-refractivity contribution is 6.58. The van der Waals surface area contributed by atoms with Crippen LogP contribution in [0.3, 0.4) is 0 Å². The molecule has 5 N–H and O–H groups in total. The fourth-order valence-corrected chi connectivity index (χ4v) is 5.01. The molecular formula is C39H47BF3N5O11. The first-order valence-electron chi connectivity index (χ1n) is 18.6. The minimum atomic E-state index is -4.78. The van der Waals surface area contributed by atoms with Crippen molar-refractivity contribution in [2.24, 2.45) is 0 Å². The molecule has 4 aromatic rings. The van der Waals surface area contributed by atoms with Crippen LogP contribution >= 0.6 is 0 Å². The lowest BCUT2D eigenvalue weighted by atomic mass is 9.79. The average molecular weight is 830 g/mol. The Hall–Kier alpha value is -5.19. The van der Waals surface area contributed by atoms with Crippen LogP contribution in [0.1, 0.15) is 20.7 Å². The summed E-state index contributed by atoms with van der Waals surface area (Å²) in [6.45, 7) is 5.04. The van der Waals surface area contributed by atoms with Gasteiger partial charge in [-0.15, -0.1) is 13.2 Å². The lowest BCUT2D eigenvalue weighted by molar-refractivity contribution is -0.274. The van der Waals surface area contributed by atoms with Crippen LogP contribution in [0.4, 0.5) is 24.7 Å². The number of anilines is 2. The Kier molecular flexibility index (Phi) is 20.5. The first kappa shape index (κ1) is 46.5. The SMILES string of the molecule is O=C(NCCOCCOCCOCCOCCOCCOCCNC(=O)c1cccc(-c2cc(Nc3ccc(OC(F)(F)F)cc3)ncn2)c1)c1cccc(B(O)O)c1. The Bertz CT molecular complexity index is 1850. The summed E-state index contributed by atoms with van der Waals surface area (Å²) in [5.41, 5.74) is 2.67. The highest BCUT2D eigenvalue weighted by Gasteiger charge is 2.31. The number of nitrogens with one attached hydrogen (secondary N) is 3. The zero-order chi connectivity index (χ0) is 42.1. The maximum atomic E-state index is 12.7. The van der Waals surface area contributed by atoms with Crippen molar-refractivity contribution in [2.75, 3.05) is 97.7 Å². The van der Waals surface area contributed by atoms with E-state index < -0.39 is 13.5 Å². The molecule has 0 fully saturated rings. The summed E-state index contributed by atoms with van der Waals surface area (Å²) in [6, 6.07) is 19.9. The van der Waals surface area contributed by atoms with Crippen molar-refractivity contribution in [1.82, 2.24) is 20.6 Å². The molecular weight excluding hydrogens is 782 g/mol. The predicted octanol–water partition coefficient (Wildman–Crippen LogP) is 2.73. The first-order chi connectivity index (χ1) is 28.6. The molecule has 4 rings (SSSR count). The van der Waals surface area contributed by atoms with E-state index in [1.807, 2.05) is 0 Å². The van der Waals surface area contributed by atoms with E-state index in [1.54, 1.807) is 42.5 Å². The van der Waals surface area contributed by atoms with E-state index in [9.17, 15) is 32.8 Å². The first-order valence-corrected chi connectivity index (χ1v) is 18.6. The van der Waals surface area contributed by atoms with Crippen LogP contribution in [0.5, 0.6) is 5.75 Å². The predicted molar refractivity (Wildman–Crippen MR) is 210 cm³/mol. The molecule has 0 radical (unpaired) electrons. The molecule has 0 bridgehead atoms. The Balaban J connectivity index is 0.933. The Morgan fingerprint density at radius 2 is 1.10 bits per heavy atom. The van der Waals surface area contributed by atoms with Gasteiger partial charge in [0.15, 0.2) is 0 Å². The summed E-state index contributed by atoms with van der Waals surface area (Å²) in [7, 11) is -1.64. The third-order valence-corrected chi connectivity index (χ3v) is 7.82. The lowest BCUT2D eigenvalue weighted by Crippen LogP contribution is -2.32. The van der Waals surface area contributed by atoms with Crippen LogP contribution in [0, 0.1) is 0 Å². The van der Waals surface area contributed by atoms with Gasteiger partial charge in [0.25, 0.3) is 11.8 Å². The number of hydrogen-bond acceptors (Lipinski definition) is 14. The molecule has 1 heterocycles. The molecule has 0 spiro atoms. The molecule has 0 aliphatic heterocycles. The molecule has 2 amide bonds. The van der Waals surface area contributed by atoms with Gasteiger partial charge in [-0.1, -0.05) is 24.3 Å². The second-order valence-electron chi connectivity index (χ2n) is 12.3. The molecule has 59 heavy (non-hydrogen) atoms. The van der Waals surface area contributed by atoms with Crippen LogP contribution in [-0.4, -0.2) is 138 Å². The Morgan fingerprint density at radius 1 is 0.610 bits per heavy atom. The number of halogens is 3. The van der Waals surface area contributed by atoms with Crippen molar-refractivity contribution in [2.45, 2.75) is 6.36 Å². The molecule has 0 atom stereocenters. The molecule has 16 nitrogen and oxygen atoms in total. The molecule has 0 unspecified atom stereocenters.